The van der Waals surface area contributed by atoms with Gasteiger partial charge in [0, 0.05) is 5.69 Å². The quantitative estimate of drug-likeness (QED) is 0.646. The Kier molecular flexibility index (Phi) is 4.06. The number of benzene rings is 2. The maximum absolute atomic E-state index is 5.34. The van der Waals surface area contributed by atoms with E-state index in [4.69, 9.17) is 12.2 Å². The highest BCUT2D eigenvalue weighted by Gasteiger charge is 2.03. The number of nitrogens with zero attached hydrogens (tertiary/aromatic N) is 1. The third-order valence-electron chi connectivity index (χ3n) is 3.33. The van der Waals surface area contributed by atoms with Gasteiger partial charge in [0.05, 0.1) is 17.6 Å². The van der Waals surface area contributed by atoms with Crippen LogP contribution in [0.5, 0.6) is 0 Å². The Morgan fingerprint density at radius 3 is 2.59 bits per heavy atom. The normalized spacial score (nSPS) is 10.6. The SMILES string of the molecule is Cc1cc(C)cc(NC(=S)NCc2nc3ccccc3[nH]2)c1. The zero-order valence-corrected chi connectivity index (χ0v) is 13.4. The number of para-hydroxylation sites is 2. The first-order valence-corrected chi connectivity index (χ1v) is 7.58. The Balaban J connectivity index is 1.62. The molecule has 0 unspecified atom stereocenters. The second kappa shape index (κ2) is 6.15. The minimum absolute atomic E-state index is 0.561. The molecule has 0 aliphatic heterocycles. The Labute approximate surface area is 135 Å². The van der Waals surface area contributed by atoms with Gasteiger partial charge in [0.2, 0.25) is 0 Å². The maximum Gasteiger partial charge on any atom is 0.171 e. The molecular weight excluding hydrogens is 292 g/mol. The van der Waals surface area contributed by atoms with Crippen LogP contribution in [0.3, 0.4) is 0 Å². The van der Waals surface area contributed by atoms with Crippen molar-refractivity contribution in [3.8, 4) is 0 Å². The van der Waals surface area contributed by atoms with E-state index in [2.05, 4.69) is 52.6 Å². The number of H-pyrrole nitrogens is 1. The summed E-state index contributed by atoms with van der Waals surface area (Å²) in [4.78, 5) is 7.79. The Morgan fingerprint density at radius 1 is 1.14 bits per heavy atom. The molecule has 1 aromatic heterocycles. The standard InChI is InChI=1S/C17H18N4S/c1-11-7-12(2)9-13(8-11)19-17(22)18-10-16-20-14-5-3-4-6-15(14)21-16/h3-9H,10H2,1-2H3,(H,20,21)(H2,18,19,22). The molecule has 3 rings (SSSR count). The number of imidazole rings is 1. The zero-order chi connectivity index (χ0) is 15.5. The summed E-state index contributed by atoms with van der Waals surface area (Å²) < 4.78 is 0. The van der Waals surface area contributed by atoms with Gasteiger partial charge in [-0.15, -0.1) is 0 Å². The molecule has 0 saturated heterocycles. The van der Waals surface area contributed by atoms with Crippen LogP contribution in [0.25, 0.3) is 11.0 Å². The second-order valence-corrected chi connectivity index (χ2v) is 5.79. The first-order valence-electron chi connectivity index (χ1n) is 7.17. The first-order chi connectivity index (χ1) is 10.6. The van der Waals surface area contributed by atoms with Crippen molar-refractivity contribution in [2.75, 3.05) is 5.32 Å². The van der Waals surface area contributed by atoms with Crippen molar-refractivity contribution in [1.82, 2.24) is 15.3 Å². The van der Waals surface area contributed by atoms with Crippen molar-refractivity contribution in [2.24, 2.45) is 0 Å². The molecule has 3 N–H and O–H groups in total. The van der Waals surface area contributed by atoms with E-state index in [-0.39, 0.29) is 0 Å². The van der Waals surface area contributed by atoms with Gasteiger partial charge in [-0.05, 0) is 61.5 Å². The molecule has 0 fully saturated rings. The highest BCUT2D eigenvalue weighted by atomic mass is 32.1. The largest absolute Gasteiger partial charge is 0.355 e. The molecule has 0 radical (unpaired) electrons. The lowest BCUT2D eigenvalue weighted by molar-refractivity contribution is 0.859. The second-order valence-electron chi connectivity index (χ2n) is 5.38. The fourth-order valence-electron chi connectivity index (χ4n) is 2.48. The van der Waals surface area contributed by atoms with Crippen LogP contribution in [0.4, 0.5) is 5.69 Å². The van der Waals surface area contributed by atoms with E-state index < -0.39 is 0 Å². The zero-order valence-electron chi connectivity index (χ0n) is 12.6. The summed E-state index contributed by atoms with van der Waals surface area (Å²) in [6.45, 7) is 4.71. The Morgan fingerprint density at radius 2 is 1.86 bits per heavy atom. The molecule has 5 heteroatoms. The van der Waals surface area contributed by atoms with E-state index in [0.717, 1.165) is 22.5 Å². The van der Waals surface area contributed by atoms with Crippen LogP contribution in [0.15, 0.2) is 42.5 Å². The Bertz CT molecular complexity index is 769. The number of rotatable bonds is 3. The number of fused-ring (bicyclic) bond motifs is 1. The third kappa shape index (κ3) is 3.43. The summed E-state index contributed by atoms with van der Waals surface area (Å²) in [6, 6.07) is 14.2. The predicted molar refractivity (Wildman–Crippen MR) is 95.1 cm³/mol. The van der Waals surface area contributed by atoms with Gasteiger partial charge in [-0.1, -0.05) is 18.2 Å². The average molecular weight is 310 g/mol. The molecule has 0 amide bonds. The lowest BCUT2D eigenvalue weighted by atomic mass is 10.1. The number of nitrogens with one attached hydrogen (secondary N) is 3. The lowest BCUT2D eigenvalue weighted by Gasteiger charge is -2.11. The number of aromatic amines is 1. The van der Waals surface area contributed by atoms with Crippen LogP contribution >= 0.6 is 12.2 Å². The highest BCUT2D eigenvalue weighted by molar-refractivity contribution is 7.80. The van der Waals surface area contributed by atoms with Crippen LogP contribution < -0.4 is 10.6 Å². The summed E-state index contributed by atoms with van der Waals surface area (Å²) in [5.74, 6) is 0.866. The van der Waals surface area contributed by atoms with Gasteiger partial charge in [0.15, 0.2) is 5.11 Å². The number of aryl methyl sites for hydroxylation is 2. The fraction of sp³-hybridized carbons (Fsp3) is 0.176. The van der Waals surface area contributed by atoms with E-state index in [1.165, 1.54) is 11.1 Å². The Hall–Kier alpha value is -2.40. The summed E-state index contributed by atoms with van der Waals surface area (Å²) >= 11 is 5.34. The van der Waals surface area contributed by atoms with Gasteiger partial charge >= 0.3 is 0 Å². The minimum Gasteiger partial charge on any atom is -0.355 e. The number of anilines is 1. The molecule has 0 aliphatic rings. The molecule has 112 valence electrons. The minimum atomic E-state index is 0.561. The summed E-state index contributed by atoms with van der Waals surface area (Å²) in [7, 11) is 0. The van der Waals surface area contributed by atoms with Crippen LogP contribution in [-0.4, -0.2) is 15.1 Å². The van der Waals surface area contributed by atoms with Crippen molar-refractivity contribution < 1.29 is 0 Å². The smallest absolute Gasteiger partial charge is 0.171 e. The lowest BCUT2D eigenvalue weighted by Crippen LogP contribution is -2.28. The molecule has 0 atom stereocenters. The monoisotopic (exact) mass is 310 g/mol. The van der Waals surface area contributed by atoms with Gasteiger partial charge in [-0.3, -0.25) is 0 Å². The molecular formula is C17H18N4S. The van der Waals surface area contributed by atoms with Crippen molar-refractivity contribution in [1.29, 1.82) is 0 Å². The molecule has 22 heavy (non-hydrogen) atoms. The van der Waals surface area contributed by atoms with Crippen molar-refractivity contribution in [2.45, 2.75) is 20.4 Å². The third-order valence-corrected chi connectivity index (χ3v) is 3.58. The average Bonchev–Trinajstić information content (AvgIpc) is 2.87. The van der Waals surface area contributed by atoms with Crippen LogP contribution in [-0.2, 0) is 6.54 Å². The number of hydrogen-bond donors (Lipinski definition) is 3. The van der Waals surface area contributed by atoms with Gasteiger partial charge in [0.25, 0.3) is 0 Å². The van der Waals surface area contributed by atoms with Crippen molar-refractivity contribution in [3.05, 3.63) is 59.4 Å². The molecule has 3 aromatic rings. The molecule has 1 heterocycles. The van der Waals surface area contributed by atoms with Crippen LogP contribution in [0.2, 0.25) is 0 Å². The first kappa shape index (κ1) is 14.5. The summed E-state index contributed by atoms with van der Waals surface area (Å²) in [5, 5.41) is 6.97. The fourth-order valence-corrected chi connectivity index (χ4v) is 2.67. The summed E-state index contributed by atoms with van der Waals surface area (Å²) in [5.41, 5.74) is 5.42. The van der Waals surface area contributed by atoms with E-state index in [9.17, 15) is 0 Å². The van der Waals surface area contributed by atoms with E-state index in [1.54, 1.807) is 0 Å². The molecule has 0 saturated carbocycles. The number of aromatic nitrogens is 2. The van der Waals surface area contributed by atoms with E-state index in [1.807, 2.05) is 24.3 Å². The van der Waals surface area contributed by atoms with Crippen LogP contribution in [0, 0.1) is 13.8 Å². The maximum atomic E-state index is 5.34. The van der Waals surface area contributed by atoms with Crippen LogP contribution in [0.1, 0.15) is 17.0 Å². The van der Waals surface area contributed by atoms with Gasteiger partial charge in [-0.25, -0.2) is 4.98 Å². The van der Waals surface area contributed by atoms with E-state index >= 15 is 0 Å². The summed E-state index contributed by atoms with van der Waals surface area (Å²) in [6.07, 6.45) is 0. The molecule has 0 spiro atoms. The van der Waals surface area contributed by atoms with Crippen molar-refractivity contribution in [3.63, 3.8) is 0 Å². The number of hydrogen-bond acceptors (Lipinski definition) is 2. The van der Waals surface area contributed by atoms with Gasteiger partial charge in [-0.2, -0.15) is 0 Å². The highest BCUT2D eigenvalue weighted by Crippen LogP contribution is 2.14. The molecule has 4 nitrogen and oxygen atoms in total. The van der Waals surface area contributed by atoms with Gasteiger partial charge < -0.3 is 15.6 Å². The van der Waals surface area contributed by atoms with Crippen molar-refractivity contribution >= 4 is 34.1 Å². The van der Waals surface area contributed by atoms with E-state index in [0.29, 0.717) is 11.7 Å². The topological polar surface area (TPSA) is 52.7 Å². The van der Waals surface area contributed by atoms with Gasteiger partial charge in [0.1, 0.15) is 5.82 Å². The molecule has 2 aromatic carbocycles. The molecule has 0 aliphatic carbocycles. The molecule has 0 bridgehead atoms. The predicted octanol–water partition coefficient (Wildman–Crippen LogP) is 3.67. The number of thiocarbonyl (C=S) groups is 1.